The molecule has 63 heavy (non-hydrogen) atoms. The number of aryl methyl sites for hydroxylation is 2. The summed E-state index contributed by atoms with van der Waals surface area (Å²) in [4.78, 5) is 43.9. The lowest BCUT2D eigenvalue weighted by Gasteiger charge is -2.35. The second-order valence-electron chi connectivity index (χ2n) is 15.5. The number of para-hydroxylation sites is 1. The van der Waals surface area contributed by atoms with E-state index in [4.69, 9.17) is 44.8 Å². The summed E-state index contributed by atoms with van der Waals surface area (Å²) in [6.07, 6.45) is 8.09. The van der Waals surface area contributed by atoms with Crippen LogP contribution in [0.2, 0.25) is 5.02 Å². The third kappa shape index (κ3) is 16.6. The molecule has 6 rings (SSSR count). The Morgan fingerprint density at radius 1 is 0.778 bits per heavy atom. The molecule has 1 saturated heterocycles. The lowest BCUT2D eigenvalue weighted by molar-refractivity contribution is -0.126. The number of amides is 2. The van der Waals surface area contributed by atoms with Crippen LogP contribution in [0.3, 0.4) is 0 Å². The molecule has 3 aromatic rings. The van der Waals surface area contributed by atoms with Gasteiger partial charge in [-0.05, 0) is 50.2 Å². The number of ether oxygens (including phenoxy) is 7. The average molecular weight is 916 g/mol. The molecule has 346 valence electrons. The Hall–Kier alpha value is -3.82. The molecule has 19 heteroatoms. The van der Waals surface area contributed by atoms with Crippen molar-refractivity contribution in [3.05, 3.63) is 63.9 Å². The van der Waals surface area contributed by atoms with Crippen LogP contribution < -0.4 is 20.9 Å². The predicted molar refractivity (Wildman–Crippen MR) is 243 cm³/mol. The number of thiazole rings is 1. The Kier molecular flexibility index (Phi) is 20.7. The van der Waals surface area contributed by atoms with Crippen molar-refractivity contribution in [2.75, 3.05) is 147 Å². The van der Waals surface area contributed by atoms with Gasteiger partial charge in [-0.2, -0.15) is 0 Å². The van der Waals surface area contributed by atoms with Crippen molar-refractivity contribution >= 4 is 57.2 Å². The molecule has 1 aliphatic heterocycles. The summed E-state index contributed by atoms with van der Waals surface area (Å²) in [5.41, 5.74) is 1.47. The largest absolute Gasteiger partial charge is 0.378 e. The summed E-state index contributed by atoms with van der Waals surface area (Å²) in [6, 6.07) is 7.40. The van der Waals surface area contributed by atoms with E-state index in [0.29, 0.717) is 143 Å². The second kappa shape index (κ2) is 26.8. The Morgan fingerprint density at radius 3 is 1.98 bits per heavy atom. The van der Waals surface area contributed by atoms with Gasteiger partial charge in [0, 0.05) is 51.3 Å². The van der Waals surface area contributed by atoms with Crippen molar-refractivity contribution in [1.82, 2.24) is 25.2 Å². The highest BCUT2D eigenvalue weighted by atomic mass is 35.5. The lowest BCUT2D eigenvalue weighted by Crippen LogP contribution is -2.47. The highest BCUT2D eigenvalue weighted by Gasteiger charge is 2.39. The van der Waals surface area contributed by atoms with Crippen LogP contribution in [-0.4, -0.2) is 163 Å². The van der Waals surface area contributed by atoms with Gasteiger partial charge in [-0.25, -0.2) is 15.0 Å². The summed E-state index contributed by atoms with van der Waals surface area (Å²) in [6.45, 7) is 15.7. The van der Waals surface area contributed by atoms with E-state index < -0.39 is 0 Å². The van der Waals surface area contributed by atoms with Crippen LogP contribution in [0.5, 0.6) is 0 Å². The summed E-state index contributed by atoms with van der Waals surface area (Å²) in [7, 11) is 0. The maximum atomic E-state index is 12.9. The topological polar surface area (TPSA) is 180 Å². The van der Waals surface area contributed by atoms with E-state index in [1.807, 2.05) is 32.0 Å². The number of carbonyl (C=O) groups excluding carboxylic acids is 2. The van der Waals surface area contributed by atoms with Crippen LogP contribution in [0.4, 0.5) is 22.5 Å². The van der Waals surface area contributed by atoms with Gasteiger partial charge in [0.05, 0.1) is 109 Å². The molecule has 0 spiro atoms. The van der Waals surface area contributed by atoms with Crippen LogP contribution in [0.15, 0.2) is 42.6 Å². The molecule has 2 amide bonds. The SMILES string of the molecule is Cc1nc(Nc2ncc(C(=O)Nc3c(C)cccc3Cl)s2)cc(N2CCN(CCOCCOCCOCCOCCOCCOCCOCCNC(=O)[C@H]3C[C@@H]4C=C[C@@H]3C4)CC2)n1. The van der Waals surface area contributed by atoms with Gasteiger partial charge in [0.2, 0.25) is 5.91 Å². The summed E-state index contributed by atoms with van der Waals surface area (Å²) < 4.78 is 39.2. The van der Waals surface area contributed by atoms with E-state index in [2.05, 4.69) is 52.9 Å². The molecular formula is C44H63ClN8O9S. The van der Waals surface area contributed by atoms with Crippen molar-refractivity contribution < 1.29 is 42.7 Å². The van der Waals surface area contributed by atoms with Gasteiger partial charge >= 0.3 is 0 Å². The normalized spacial score (nSPS) is 18.3. The van der Waals surface area contributed by atoms with Gasteiger partial charge in [0.25, 0.3) is 5.91 Å². The van der Waals surface area contributed by atoms with Gasteiger partial charge in [-0.15, -0.1) is 0 Å². The molecule has 2 aliphatic carbocycles. The van der Waals surface area contributed by atoms with E-state index >= 15 is 0 Å². The van der Waals surface area contributed by atoms with E-state index in [1.54, 1.807) is 6.07 Å². The Balaban J connectivity index is 0.686. The number of piperazine rings is 1. The molecule has 3 aliphatic rings. The Labute approximate surface area is 379 Å². The Bertz CT molecular complexity index is 1860. The van der Waals surface area contributed by atoms with E-state index in [1.165, 1.54) is 17.5 Å². The van der Waals surface area contributed by atoms with Crippen LogP contribution in [0.1, 0.15) is 33.9 Å². The number of halogens is 1. The number of aromatic nitrogens is 3. The first-order valence-electron chi connectivity index (χ1n) is 21.9. The van der Waals surface area contributed by atoms with Gasteiger partial charge in [0.1, 0.15) is 22.3 Å². The van der Waals surface area contributed by atoms with Gasteiger partial charge in [-0.1, -0.05) is 47.2 Å². The molecule has 0 unspecified atom stereocenters. The van der Waals surface area contributed by atoms with Crippen molar-refractivity contribution in [1.29, 1.82) is 0 Å². The zero-order chi connectivity index (χ0) is 44.1. The van der Waals surface area contributed by atoms with Crippen LogP contribution in [-0.2, 0) is 38.0 Å². The van der Waals surface area contributed by atoms with E-state index in [-0.39, 0.29) is 17.7 Å². The van der Waals surface area contributed by atoms with Gasteiger partial charge in [0.15, 0.2) is 5.13 Å². The van der Waals surface area contributed by atoms with Gasteiger partial charge in [-0.3, -0.25) is 14.5 Å². The van der Waals surface area contributed by atoms with Gasteiger partial charge < -0.3 is 54.0 Å². The lowest BCUT2D eigenvalue weighted by atomic mass is 9.93. The number of nitrogens with zero attached hydrogens (tertiary/aromatic N) is 5. The molecule has 3 heterocycles. The summed E-state index contributed by atoms with van der Waals surface area (Å²) in [5, 5.41) is 10.2. The summed E-state index contributed by atoms with van der Waals surface area (Å²) >= 11 is 7.53. The minimum Gasteiger partial charge on any atom is -0.378 e. The number of allylic oxidation sites excluding steroid dienone is 2. The summed E-state index contributed by atoms with van der Waals surface area (Å²) in [5.74, 6) is 3.15. The molecule has 3 N–H and O–H groups in total. The zero-order valence-electron chi connectivity index (χ0n) is 36.5. The minimum absolute atomic E-state index is 0.137. The molecule has 2 fully saturated rings. The highest BCUT2D eigenvalue weighted by molar-refractivity contribution is 7.17. The Morgan fingerprint density at radius 2 is 1.40 bits per heavy atom. The minimum atomic E-state index is -0.274. The predicted octanol–water partition coefficient (Wildman–Crippen LogP) is 4.77. The first kappa shape index (κ1) is 48.6. The van der Waals surface area contributed by atoms with E-state index in [9.17, 15) is 9.59 Å². The maximum absolute atomic E-state index is 12.9. The zero-order valence-corrected chi connectivity index (χ0v) is 38.1. The first-order valence-corrected chi connectivity index (χ1v) is 23.1. The third-order valence-corrected chi connectivity index (χ3v) is 12.1. The molecule has 0 radical (unpaired) electrons. The molecule has 2 bridgehead atoms. The number of hydrogen-bond donors (Lipinski definition) is 3. The number of hydrogen-bond acceptors (Lipinski definition) is 16. The first-order chi connectivity index (χ1) is 30.8. The fourth-order valence-corrected chi connectivity index (χ4v) is 8.55. The van der Waals surface area contributed by atoms with Crippen molar-refractivity contribution in [3.63, 3.8) is 0 Å². The number of carbonyl (C=O) groups is 2. The number of rotatable bonds is 30. The quantitative estimate of drug-likeness (QED) is 0.0615. The molecule has 1 saturated carbocycles. The maximum Gasteiger partial charge on any atom is 0.267 e. The molecule has 17 nitrogen and oxygen atoms in total. The standard InChI is InChI=1S/C44H63ClN8O9S/c1-32-4-3-5-37(45)41(32)51-43(55)38-31-47-44(63-38)50-39-30-40(49-33(2)48-39)53-11-9-52(10-12-53)13-15-57-17-19-59-21-23-61-25-27-62-26-24-60-22-20-58-18-16-56-14-8-46-42(54)36-29-34-6-7-35(36)28-34/h3-7,30-31,34-36H,8-29H2,1-2H3,(H,46,54)(H,51,55)(H,47,48,49,50)/t34-,35-,36+/m1/s1. The molecule has 1 aromatic carbocycles. The molecule has 2 aromatic heterocycles. The average Bonchev–Trinajstić information content (AvgIpc) is 4.05. The smallest absolute Gasteiger partial charge is 0.267 e. The fourth-order valence-electron chi connectivity index (χ4n) is 7.57. The highest BCUT2D eigenvalue weighted by Crippen LogP contribution is 2.43. The van der Waals surface area contributed by atoms with E-state index in [0.717, 1.165) is 56.9 Å². The number of fused-ring (bicyclic) bond motifs is 2. The van der Waals surface area contributed by atoms with Crippen LogP contribution in [0.25, 0.3) is 0 Å². The monoisotopic (exact) mass is 914 g/mol. The van der Waals surface area contributed by atoms with Crippen LogP contribution >= 0.6 is 22.9 Å². The molecular weight excluding hydrogens is 852 g/mol. The van der Waals surface area contributed by atoms with Crippen LogP contribution in [0, 0.1) is 31.6 Å². The van der Waals surface area contributed by atoms with Crippen molar-refractivity contribution in [2.45, 2.75) is 26.7 Å². The number of anilines is 4. The molecule has 3 atom stereocenters. The fraction of sp³-hybridized carbons (Fsp3) is 0.614. The number of benzene rings is 1. The van der Waals surface area contributed by atoms with Crippen molar-refractivity contribution in [2.24, 2.45) is 17.8 Å². The van der Waals surface area contributed by atoms with Crippen molar-refractivity contribution in [3.8, 4) is 0 Å². The second-order valence-corrected chi connectivity index (χ2v) is 16.9. The third-order valence-electron chi connectivity index (χ3n) is 10.9. The number of nitrogens with one attached hydrogen (secondary N) is 3.